The van der Waals surface area contributed by atoms with Gasteiger partial charge in [-0.25, -0.2) is 0 Å². The number of β-amino-alcohol motifs (C(OH)–C–C–N with tert-alkyl or cyclic N) is 1. The third-order valence-corrected chi connectivity index (χ3v) is 5.47. The molecule has 2 aromatic carbocycles. The first kappa shape index (κ1) is 23.0. The second kappa shape index (κ2) is 11.6. The lowest BCUT2D eigenvalue weighted by atomic mass is 10.2. The summed E-state index contributed by atoms with van der Waals surface area (Å²) in [5, 5.41) is 10.6. The van der Waals surface area contributed by atoms with Gasteiger partial charge in [0, 0.05) is 31.9 Å². The van der Waals surface area contributed by atoms with Crippen LogP contribution < -0.4 is 19.1 Å². The predicted molar refractivity (Wildman–Crippen MR) is 125 cm³/mol. The molecular formula is C25H34N2O4. The molecule has 1 aliphatic rings. The Hall–Kier alpha value is -2.70. The summed E-state index contributed by atoms with van der Waals surface area (Å²) in [6.07, 6.45) is 4.48. The Morgan fingerprint density at radius 3 is 2.48 bits per heavy atom. The standard InChI is InChI=1S/C25H34N2O4/c1-4-6-20-7-12-24(25(17-20)30-3)31-19-22(28)18-26-13-5-14-27(16-15-26)21-8-10-23(29-2)11-9-21/h4,6-12,17,22,28H,5,13-16,18-19H2,1-3H3/b6-4+. The van der Waals surface area contributed by atoms with Crippen molar-refractivity contribution in [3.63, 3.8) is 0 Å². The summed E-state index contributed by atoms with van der Waals surface area (Å²) in [5.41, 5.74) is 2.26. The fourth-order valence-corrected chi connectivity index (χ4v) is 3.84. The highest BCUT2D eigenvalue weighted by atomic mass is 16.5. The highest BCUT2D eigenvalue weighted by Crippen LogP contribution is 2.28. The van der Waals surface area contributed by atoms with Crippen molar-refractivity contribution in [1.29, 1.82) is 0 Å². The first-order valence-electron chi connectivity index (χ1n) is 10.9. The zero-order chi connectivity index (χ0) is 22.1. The number of anilines is 1. The summed E-state index contributed by atoms with van der Waals surface area (Å²) in [5.74, 6) is 2.19. The molecule has 0 saturated carbocycles. The van der Waals surface area contributed by atoms with E-state index in [1.807, 2.05) is 49.4 Å². The molecule has 3 rings (SSSR count). The van der Waals surface area contributed by atoms with E-state index in [9.17, 15) is 5.11 Å². The van der Waals surface area contributed by atoms with Crippen molar-refractivity contribution in [2.45, 2.75) is 19.4 Å². The molecule has 6 heteroatoms. The molecule has 1 fully saturated rings. The van der Waals surface area contributed by atoms with E-state index in [0.717, 1.165) is 43.9 Å². The van der Waals surface area contributed by atoms with Crippen molar-refractivity contribution >= 4 is 11.8 Å². The largest absolute Gasteiger partial charge is 0.497 e. The first-order valence-corrected chi connectivity index (χ1v) is 10.9. The van der Waals surface area contributed by atoms with Gasteiger partial charge in [0.1, 0.15) is 18.5 Å². The summed E-state index contributed by atoms with van der Waals surface area (Å²) in [6.45, 7) is 6.61. The summed E-state index contributed by atoms with van der Waals surface area (Å²) < 4.78 is 16.5. The lowest BCUT2D eigenvalue weighted by molar-refractivity contribution is 0.0694. The molecule has 1 heterocycles. The molecule has 0 aliphatic carbocycles. The molecule has 168 valence electrons. The number of rotatable bonds is 9. The number of ether oxygens (including phenoxy) is 3. The van der Waals surface area contributed by atoms with Gasteiger partial charge in [-0.2, -0.15) is 0 Å². The van der Waals surface area contributed by atoms with E-state index in [1.54, 1.807) is 14.2 Å². The van der Waals surface area contributed by atoms with E-state index in [2.05, 4.69) is 21.9 Å². The Balaban J connectivity index is 1.49. The summed E-state index contributed by atoms with van der Waals surface area (Å²) >= 11 is 0. The Bertz CT molecular complexity index is 838. The molecule has 1 aliphatic heterocycles. The van der Waals surface area contributed by atoms with Crippen molar-refractivity contribution in [2.24, 2.45) is 0 Å². The highest BCUT2D eigenvalue weighted by molar-refractivity contribution is 5.55. The van der Waals surface area contributed by atoms with Crippen LogP contribution in [0.1, 0.15) is 18.9 Å². The molecule has 0 bridgehead atoms. The Morgan fingerprint density at radius 2 is 1.77 bits per heavy atom. The van der Waals surface area contributed by atoms with Gasteiger partial charge in [0.2, 0.25) is 0 Å². The van der Waals surface area contributed by atoms with Gasteiger partial charge in [-0.05, 0) is 61.9 Å². The van der Waals surface area contributed by atoms with Crippen molar-refractivity contribution in [2.75, 3.05) is 58.5 Å². The molecule has 0 aromatic heterocycles. The topological polar surface area (TPSA) is 54.4 Å². The van der Waals surface area contributed by atoms with Crippen LogP contribution in [0.2, 0.25) is 0 Å². The van der Waals surface area contributed by atoms with E-state index in [4.69, 9.17) is 14.2 Å². The second-order valence-electron chi connectivity index (χ2n) is 7.71. The third-order valence-electron chi connectivity index (χ3n) is 5.47. The molecule has 6 nitrogen and oxygen atoms in total. The van der Waals surface area contributed by atoms with Crippen LogP contribution in [-0.4, -0.2) is 69.7 Å². The van der Waals surface area contributed by atoms with E-state index in [0.29, 0.717) is 18.0 Å². The van der Waals surface area contributed by atoms with Crippen LogP contribution in [0.15, 0.2) is 48.5 Å². The number of methoxy groups -OCH3 is 2. The van der Waals surface area contributed by atoms with Gasteiger partial charge in [0.15, 0.2) is 11.5 Å². The summed E-state index contributed by atoms with van der Waals surface area (Å²) in [4.78, 5) is 4.70. The van der Waals surface area contributed by atoms with Crippen LogP contribution in [-0.2, 0) is 0 Å². The summed E-state index contributed by atoms with van der Waals surface area (Å²) in [6, 6.07) is 14.0. The highest BCUT2D eigenvalue weighted by Gasteiger charge is 2.18. The fraction of sp³-hybridized carbons (Fsp3) is 0.440. The van der Waals surface area contributed by atoms with Gasteiger partial charge in [-0.1, -0.05) is 18.2 Å². The van der Waals surface area contributed by atoms with Gasteiger partial charge >= 0.3 is 0 Å². The molecule has 0 spiro atoms. The monoisotopic (exact) mass is 426 g/mol. The summed E-state index contributed by atoms with van der Waals surface area (Å²) in [7, 11) is 3.31. The number of benzene rings is 2. The zero-order valence-electron chi connectivity index (χ0n) is 18.8. The van der Waals surface area contributed by atoms with E-state index < -0.39 is 6.10 Å². The molecule has 31 heavy (non-hydrogen) atoms. The lowest BCUT2D eigenvalue weighted by Gasteiger charge is -2.25. The molecular weight excluding hydrogens is 392 g/mol. The number of nitrogens with zero attached hydrogens (tertiary/aromatic N) is 2. The van der Waals surface area contributed by atoms with Gasteiger partial charge in [0.25, 0.3) is 0 Å². The SMILES string of the molecule is C/C=C/c1ccc(OCC(O)CN2CCCN(c3ccc(OC)cc3)CC2)c(OC)c1. The van der Waals surface area contributed by atoms with Gasteiger partial charge in [-0.3, -0.25) is 4.90 Å². The maximum Gasteiger partial charge on any atom is 0.161 e. The smallest absolute Gasteiger partial charge is 0.161 e. The molecule has 0 radical (unpaired) electrons. The maximum absolute atomic E-state index is 10.6. The Labute approximate surface area is 185 Å². The number of aliphatic hydroxyl groups is 1. The van der Waals surface area contributed by atoms with E-state index in [-0.39, 0.29) is 6.61 Å². The number of aliphatic hydroxyl groups excluding tert-OH is 1. The fourth-order valence-electron chi connectivity index (χ4n) is 3.84. The van der Waals surface area contributed by atoms with Crippen LogP contribution in [0.5, 0.6) is 17.2 Å². The molecule has 1 unspecified atom stereocenters. The van der Waals surface area contributed by atoms with E-state index in [1.165, 1.54) is 5.69 Å². The van der Waals surface area contributed by atoms with Gasteiger partial charge < -0.3 is 24.2 Å². The van der Waals surface area contributed by atoms with Crippen LogP contribution in [0.3, 0.4) is 0 Å². The number of hydrogen-bond acceptors (Lipinski definition) is 6. The lowest BCUT2D eigenvalue weighted by Crippen LogP contribution is -2.38. The average molecular weight is 427 g/mol. The quantitative estimate of drug-likeness (QED) is 0.660. The normalized spacial score (nSPS) is 16.2. The van der Waals surface area contributed by atoms with Crippen molar-refractivity contribution in [3.05, 3.63) is 54.1 Å². The van der Waals surface area contributed by atoms with E-state index >= 15 is 0 Å². The van der Waals surface area contributed by atoms with Crippen molar-refractivity contribution in [1.82, 2.24) is 4.90 Å². The molecule has 1 N–H and O–H groups in total. The third kappa shape index (κ3) is 6.64. The Kier molecular flexibility index (Phi) is 8.62. The van der Waals surface area contributed by atoms with Gasteiger partial charge in [-0.15, -0.1) is 0 Å². The Morgan fingerprint density at radius 1 is 0.968 bits per heavy atom. The van der Waals surface area contributed by atoms with Crippen LogP contribution in [0.4, 0.5) is 5.69 Å². The van der Waals surface area contributed by atoms with Crippen LogP contribution >= 0.6 is 0 Å². The first-order chi connectivity index (χ1) is 15.1. The maximum atomic E-state index is 10.6. The molecule has 2 aromatic rings. The minimum Gasteiger partial charge on any atom is -0.497 e. The van der Waals surface area contributed by atoms with Crippen LogP contribution in [0.25, 0.3) is 6.08 Å². The zero-order valence-corrected chi connectivity index (χ0v) is 18.8. The number of allylic oxidation sites excluding steroid dienone is 1. The second-order valence-corrected chi connectivity index (χ2v) is 7.71. The minimum absolute atomic E-state index is 0.234. The van der Waals surface area contributed by atoms with Crippen molar-refractivity contribution < 1.29 is 19.3 Å². The predicted octanol–water partition coefficient (Wildman–Crippen LogP) is 3.69. The number of hydrogen-bond donors (Lipinski definition) is 1. The molecule has 0 amide bonds. The van der Waals surface area contributed by atoms with Gasteiger partial charge in [0.05, 0.1) is 14.2 Å². The molecule has 1 saturated heterocycles. The average Bonchev–Trinajstić information content (AvgIpc) is 3.04. The molecule has 1 atom stereocenters. The minimum atomic E-state index is -0.563. The van der Waals surface area contributed by atoms with Crippen molar-refractivity contribution in [3.8, 4) is 17.2 Å². The van der Waals surface area contributed by atoms with Crippen LogP contribution in [0, 0.1) is 0 Å².